The molecule has 4 N–H and O–H groups in total. The molecule has 0 saturated carbocycles. The Kier molecular flexibility index (Phi) is 9.07. The number of anilines is 1. The van der Waals surface area contributed by atoms with Gasteiger partial charge in [0, 0.05) is 56.4 Å². The van der Waals surface area contributed by atoms with Gasteiger partial charge in [0.1, 0.15) is 12.4 Å². The number of sulfonamides is 1. The van der Waals surface area contributed by atoms with Gasteiger partial charge in [-0.3, -0.25) is 14.6 Å². The zero-order chi connectivity index (χ0) is 25.4. The van der Waals surface area contributed by atoms with Gasteiger partial charge in [-0.15, -0.1) is 0 Å². The lowest BCUT2D eigenvalue weighted by molar-refractivity contribution is -0.128. The lowest BCUT2D eigenvalue weighted by Crippen LogP contribution is -2.26. The van der Waals surface area contributed by atoms with Crippen molar-refractivity contribution in [3.05, 3.63) is 53.7 Å². The molecule has 0 aliphatic heterocycles. The van der Waals surface area contributed by atoms with E-state index in [-0.39, 0.29) is 11.7 Å². The molecule has 0 radical (unpaired) electrons. The number of H-pyrrole nitrogens is 1. The van der Waals surface area contributed by atoms with Gasteiger partial charge in [-0.05, 0) is 43.2 Å². The normalized spacial score (nSPS) is 12.5. The molecule has 3 rings (SSSR count). The molecule has 1 amide bonds. The topological polar surface area (TPSA) is 137 Å². The number of rotatable bonds is 13. The fourth-order valence-corrected chi connectivity index (χ4v) is 4.07. The smallest absolute Gasteiger partial charge is 0.232 e. The Morgan fingerprint density at radius 3 is 2.77 bits per heavy atom. The number of aliphatic hydroxyl groups is 1. The van der Waals surface area contributed by atoms with Crippen LogP contribution >= 0.6 is 0 Å². The van der Waals surface area contributed by atoms with E-state index in [1.165, 1.54) is 0 Å². The third-order valence-electron chi connectivity index (χ3n) is 5.50. The van der Waals surface area contributed by atoms with Gasteiger partial charge in [0.25, 0.3) is 0 Å². The molecule has 0 spiro atoms. The fraction of sp³-hybridized carbons (Fsp3) is 0.417. The number of ether oxygens (including phenoxy) is 1. The number of amides is 1. The second-order valence-corrected chi connectivity index (χ2v) is 10.4. The first-order chi connectivity index (χ1) is 16.7. The zero-order valence-corrected chi connectivity index (χ0v) is 21.1. The van der Waals surface area contributed by atoms with Gasteiger partial charge >= 0.3 is 0 Å². The van der Waals surface area contributed by atoms with Gasteiger partial charge in [-0.2, -0.15) is 5.10 Å². The van der Waals surface area contributed by atoms with E-state index >= 15 is 0 Å². The van der Waals surface area contributed by atoms with Crippen LogP contribution in [0.3, 0.4) is 0 Å². The Morgan fingerprint density at radius 1 is 1.23 bits per heavy atom. The molecule has 3 aromatic rings. The van der Waals surface area contributed by atoms with E-state index in [4.69, 9.17) is 4.74 Å². The molecule has 1 aromatic heterocycles. The maximum absolute atomic E-state index is 11.8. The lowest BCUT2D eigenvalue weighted by Gasteiger charge is -2.14. The van der Waals surface area contributed by atoms with Crippen LogP contribution in [0.2, 0.25) is 0 Å². The Hall–Kier alpha value is -3.15. The highest BCUT2D eigenvalue weighted by Gasteiger charge is 2.12. The zero-order valence-electron chi connectivity index (χ0n) is 20.2. The predicted octanol–water partition coefficient (Wildman–Crippen LogP) is 2.05. The summed E-state index contributed by atoms with van der Waals surface area (Å²) in [6.45, 7) is 2.76. The summed E-state index contributed by atoms with van der Waals surface area (Å²) in [6, 6.07) is 12.4. The van der Waals surface area contributed by atoms with Crippen molar-refractivity contribution in [2.24, 2.45) is 0 Å². The van der Waals surface area contributed by atoms with Gasteiger partial charge in [0.2, 0.25) is 15.9 Å². The van der Waals surface area contributed by atoms with E-state index in [0.717, 1.165) is 16.6 Å². The molecule has 35 heavy (non-hydrogen) atoms. The first-order valence-electron chi connectivity index (χ1n) is 11.5. The number of hydrogen-bond donors (Lipinski definition) is 4. The summed E-state index contributed by atoms with van der Waals surface area (Å²) in [7, 11) is 0.108. The third-order valence-corrected chi connectivity index (χ3v) is 6.81. The maximum atomic E-state index is 11.8. The van der Waals surface area contributed by atoms with Gasteiger partial charge in [0.05, 0.1) is 17.4 Å². The van der Waals surface area contributed by atoms with Crippen molar-refractivity contribution >= 4 is 32.5 Å². The highest BCUT2D eigenvalue weighted by Crippen LogP contribution is 2.23. The Bertz CT molecular complexity index is 1240. The highest BCUT2D eigenvalue weighted by atomic mass is 32.2. The Labute approximate surface area is 205 Å². The second kappa shape index (κ2) is 12.0. The molecule has 0 aliphatic rings. The number of nitrogens with one attached hydrogen (secondary N) is 3. The minimum Gasteiger partial charge on any atom is -0.492 e. The summed E-state index contributed by atoms with van der Waals surface area (Å²) < 4.78 is 31.8. The summed E-state index contributed by atoms with van der Waals surface area (Å²) in [5, 5.41) is 21.9. The number of aryl methyl sites for hydroxylation is 1. The summed E-state index contributed by atoms with van der Waals surface area (Å²) in [5.41, 5.74) is 2.73. The summed E-state index contributed by atoms with van der Waals surface area (Å²) in [6.07, 6.45) is 0.214. The third kappa shape index (κ3) is 7.67. The minimum absolute atomic E-state index is 0.0205. The first kappa shape index (κ1) is 26.5. The molecule has 1 atom stereocenters. The molecule has 0 fully saturated rings. The van der Waals surface area contributed by atoms with Crippen LogP contribution in [0.1, 0.15) is 30.7 Å². The van der Waals surface area contributed by atoms with E-state index in [1.807, 2.05) is 18.2 Å². The number of fused-ring (bicyclic) bond motifs is 1. The monoisotopic (exact) mass is 503 g/mol. The molecular formula is C24H33N5O5S. The lowest BCUT2D eigenvalue weighted by atomic mass is 10.1. The van der Waals surface area contributed by atoms with E-state index in [9.17, 15) is 18.3 Å². The van der Waals surface area contributed by atoms with Crippen LogP contribution in [0.15, 0.2) is 42.5 Å². The number of benzene rings is 2. The molecule has 0 bridgehead atoms. The van der Waals surface area contributed by atoms with Gasteiger partial charge in [-0.25, -0.2) is 8.42 Å². The van der Waals surface area contributed by atoms with Gasteiger partial charge in [-0.1, -0.05) is 12.1 Å². The predicted molar refractivity (Wildman–Crippen MR) is 136 cm³/mol. The molecule has 2 aromatic carbocycles. The van der Waals surface area contributed by atoms with Crippen LogP contribution in [0.25, 0.3) is 10.9 Å². The fourth-order valence-electron chi connectivity index (χ4n) is 3.44. The second-order valence-electron chi connectivity index (χ2n) is 8.37. The molecule has 0 aliphatic carbocycles. The quantitative estimate of drug-likeness (QED) is 0.262. The first-order valence-corrected chi connectivity index (χ1v) is 13.1. The summed E-state index contributed by atoms with van der Waals surface area (Å²) >= 11 is 0. The van der Waals surface area contributed by atoms with Crippen molar-refractivity contribution in [3.8, 4) is 5.75 Å². The Morgan fingerprint density at radius 2 is 2.03 bits per heavy atom. The van der Waals surface area contributed by atoms with Crippen molar-refractivity contribution in [2.45, 2.75) is 25.9 Å². The van der Waals surface area contributed by atoms with E-state index in [2.05, 4.69) is 20.2 Å². The highest BCUT2D eigenvalue weighted by molar-refractivity contribution is 7.92. The molecule has 1 heterocycles. The number of aliphatic hydroxyl groups excluding tert-OH is 1. The number of aromatic amines is 1. The standard InChI is InChI=1S/C24H33N5O5S/c1-4-35(32,33)28-18-7-5-6-17(14-18)23(30)16-25-12-13-34-19-8-9-20-21(26-27-22(20)15-19)10-11-24(31)29(2)3/h5-9,14-15,23,25,28,30H,4,10-13,16H2,1-3H3,(H,26,27)/t23-/m0/s1. The van der Waals surface area contributed by atoms with Gasteiger partial charge < -0.3 is 20.1 Å². The minimum atomic E-state index is -3.37. The molecular weight excluding hydrogens is 470 g/mol. The summed E-state index contributed by atoms with van der Waals surface area (Å²) in [5.74, 6) is 0.727. The Balaban J connectivity index is 1.44. The molecule has 0 saturated heterocycles. The summed E-state index contributed by atoms with van der Waals surface area (Å²) in [4.78, 5) is 13.4. The number of carbonyl (C=O) groups is 1. The average Bonchev–Trinajstić information content (AvgIpc) is 3.24. The molecule has 10 nitrogen and oxygen atoms in total. The number of nitrogens with zero attached hydrogens (tertiary/aromatic N) is 2. The van der Waals surface area contributed by atoms with Crippen LogP contribution in [-0.2, 0) is 21.2 Å². The SMILES string of the molecule is CCS(=O)(=O)Nc1cccc([C@@H](O)CNCCOc2ccc3c(CCC(=O)N(C)C)[nH]nc3c2)c1. The average molecular weight is 504 g/mol. The van der Waals surface area contributed by atoms with E-state index in [0.29, 0.717) is 49.5 Å². The number of hydrogen-bond acceptors (Lipinski definition) is 7. The van der Waals surface area contributed by atoms with Crippen LogP contribution in [-0.4, -0.2) is 74.1 Å². The molecule has 0 unspecified atom stereocenters. The van der Waals surface area contributed by atoms with Crippen LogP contribution in [0, 0.1) is 0 Å². The molecule has 11 heteroatoms. The van der Waals surface area contributed by atoms with Crippen LogP contribution in [0.4, 0.5) is 5.69 Å². The largest absolute Gasteiger partial charge is 0.492 e. The van der Waals surface area contributed by atoms with Crippen molar-refractivity contribution in [1.82, 2.24) is 20.4 Å². The van der Waals surface area contributed by atoms with Crippen molar-refractivity contribution in [3.63, 3.8) is 0 Å². The maximum Gasteiger partial charge on any atom is 0.232 e. The van der Waals surface area contributed by atoms with E-state index in [1.54, 1.807) is 50.2 Å². The van der Waals surface area contributed by atoms with E-state index < -0.39 is 16.1 Å². The van der Waals surface area contributed by atoms with Crippen molar-refractivity contribution in [1.29, 1.82) is 0 Å². The molecule has 190 valence electrons. The van der Waals surface area contributed by atoms with Crippen LogP contribution in [0.5, 0.6) is 5.75 Å². The van der Waals surface area contributed by atoms with Crippen LogP contribution < -0.4 is 14.8 Å². The van der Waals surface area contributed by atoms with Gasteiger partial charge in [0.15, 0.2) is 0 Å². The van der Waals surface area contributed by atoms with Crippen molar-refractivity contribution in [2.75, 3.05) is 44.3 Å². The number of carbonyl (C=O) groups excluding carboxylic acids is 1. The van der Waals surface area contributed by atoms with Crippen molar-refractivity contribution < 1.29 is 23.1 Å². The number of aromatic nitrogens is 2.